The highest BCUT2D eigenvalue weighted by atomic mass is 32.2. The van der Waals surface area contributed by atoms with Gasteiger partial charge >= 0.3 is 0 Å². The molecule has 2 saturated heterocycles. The van der Waals surface area contributed by atoms with E-state index in [1.165, 1.54) is 24.4 Å². The lowest BCUT2D eigenvalue weighted by Gasteiger charge is -1.90. The SMILES string of the molecule is CC(=N)N.CN=C(C)N.CN=C(N)SC.CN=C1NCCN1.CN=C1NCCS1. The Morgan fingerprint density at radius 3 is 1.55 bits per heavy atom. The Labute approximate surface area is 183 Å². The molecule has 0 radical (unpaired) electrons. The highest BCUT2D eigenvalue weighted by Crippen LogP contribution is 2.05. The highest BCUT2D eigenvalue weighted by molar-refractivity contribution is 8.14. The number of hydrogen-bond donors (Lipinski definition) is 7. The van der Waals surface area contributed by atoms with E-state index in [4.69, 9.17) is 22.6 Å². The molecule has 0 unspecified atom stereocenters. The van der Waals surface area contributed by atoms with E-state index in [0.29, 0.717) is 11.0 Å². The fourth-order valence-corrected chi connectivity index (χ4v) is 2.09. The van der Waals surface area contributed by atoms with Crippen LogP contribution in [0.5, 0.6) is 0 Å². The Kier molecular flexibility index (Phi) is 26.0. The van der Waals surface area contributed by atoms with E-state index in [0.717, 1.165) is 30.8 Å². The quantitative estimate of drug-likeness (QED) is 0.194. The first-order valence-electron chi connectivity index (χ1n) is 8.72. The second-order valence-electron chi connectivity index (χ2n) is 5.04. The first-order chi connectivity index (χ1) is 13.7. The first-order valence-corrected chi connectivity index (χ1v) is 10.9. The maximum atomic E-state index is 6.28. The highest BCUT2D eigenvalue weighted by Gasteiger charge is 2.03. The molecule has 0 spiro atoms. The van der Waals surface area contributed by atoms with E-state index >= 15 is 0 Å². The van der Waals surface area contributed by atoms with Crippen molar-refractivity contribution in [2.45, 2.75) is 13.8 Å². The van der Waals surface area contributed by atoms with Gasteiger partial charge in [0.25, 0.3) is 0 Å². The smallest absolute Gasteiger partial charge is 0.191 e. The van der Waals surface area contributed by atoms with Gasteiger partial charge in [0.05, 0.1) is 11.7 Å². The van der Waals surface area contributed by atoms with Crippen LogP contribution in [0.1, 0.15) is 13.8 Å². The van der Waals surface area contributed by atoms with Gasteiger partial charge in [0.15, 0.2) is 16.3 Å². The third kappa shape index (κ3) is 30.8. The molecule has 0 aromatic rings. The second-order valence-corrected chi connectivity index (χ2v) is 6.95. The summed E-state index contributed by atoms with van der Waals surface area (Å²) in [5.74, 6) is 2.89. The molecular weight excluding hydrogens is 410 g/mol. The van der Waals surface area contributed by atoms with Gasteiger partial charge in [0, 0.05) is 53.6 Å². The van der Waals surface area contributed by atoms with Crippen molar-refractivity contribution < 1.29 is 0 Å². The van der Waals surface area contributed by atoms with Gasteiger partial charge in [-0.15, -0.1) is 0 Å². The van der Waals surface area contributed by atoms with Gasteiger partial charge in [0.2, 0.25) is 0 Å². The number of nitrogens with two attached hydrogens (primary N) is 3. The van der Waals surface area contributed by atoms with Gasteiger partial charge < -0.3 is 33.2 Å². The molecule has 13 heteroatoms. The average molecular weight is 450 g/mol. The number of hydrogen-bond acceptors (Lipinski definition) is 7. The zero-order valence-corrected chi connectivity index (χ0v) is 20.3. The van der Waals surface area contributed by atoms with E-state index in [2.05, 4.69) is 35.9 Å². The van der Waals surface area contributed by atoms with Crippen molar-refractivity contribution in [3.63, 3.8) is 0 Å². The summed E-state index contributed by atoms with van der Waals surface area (Å²) in [5, 5.41) is 17.2. The fraction of sp³-hybridized carbons (Fsp3) is 0.688. The lowest BCUT2D eigenvalue weighted by Crippen LogP contribution is -2.23. The van der Waals surface area contributed by atoms with Crippen molar-refractivity contribution in [2.24, 2.45) is 37.2 Å². The van der Waals surface area contributed by atoms with Crippen LogP contribution < -0.4 is 33.2 Å². The van der Waals surface area contributed by atoms with Gasteiger partial charge in [0.1, 0.15) is 0 Å². The van der Waals surface area contributed by atoms with Gasteiger partial charge in [-0.25, -0.2) is 0 Å². The lowest BCUT2D eigenvalue weighted by molar-refractivity contribution is 0.942. The number of rotatable bonds is 0. The summed E-state index contributed by atoms with van der Waals surface area (Å²) in [7, 11) is 6.91. The number of aliphatic imine (C=N–C) groups is 4. The van der Waals surface area contributed by atoms with E-state index < -0.39 is 0 Å². The molecule has 0 aliphatic carbocycles. The Hall–Kier alpha value is -2.15. The summed E-state index contributed by atoms with van der Waals surface area (Å²) in [5.41, 5.74) is 14.9. The van der Waals surface area contributed by atoms with Crippen molar-refractivity contribution in [1.82, 2.24) is 16.0 Å². The minimum absolute atomic E-state index is 0.167. The summed E-state index contributed by atoms with van der Waals surface area (Å²) in [4.78, 5) is 15.1. The normalized spacial score (nSPS) is 16.0. The number of nitrogens with zero attached hydrogens (tertiary/aromatic N) is 4. The zero-order valence-electron chi connectivity index (χ0n) is 18.7. The number of amidine groups is 4. The third-order valence-corrected chi connectivity index (χ3v) is 4.15. The maximum absolute atomic E-state index is 6.28. The topological polar surface area (TPSA) is 187 Å². The van der Waals surface area contributed by atoms with Crippen LogP contribution in [-0.4, -0.2) is 87.8 Å². The Balaban J connectivity index is -0.000000297. The minimum Gasteiger partial charge on any atom is -0.388 e. The van der Waals surface area contributed by atoms with Crippen molar-refractivity contribution >= 4 is 51.5 Å². The van der Waals surface area contributed by atoms with Gasteiger partial charge in [-0.1, -0.05) is 23.5 Å². The first kappa shape index (κ1) is 31.5. The molecule has 11 nitrogen and oxygen atoms in total. The summed E-state index contributed by atoms with van der Waals surface area (Å²) in [6, 6.07) is 0. The van der Waals surface area contributed by atoms with Gasteiger partial charge in [-0.05, 0) is 20.1 Å². The molecule has 2 aliphatic rings. The Morgan fingerprint density at radius 2 is 1.41 bits per heavy atom. The summed E-state index contributed by atoms with van der Waals surface area (Å²) < 4.78 is 0. The molecule has 0 saturated carbocycles. The molecule has 0 bridgehead atoms. The molecular formula is C16H39N11S2. The molecule has 170 valence electrons. The average Bonchev–Trinajstić information content (AvgIpc) is 3.41. The van der Waals surface area contributed by atoms with Crippen molar-refractivity contribution in [1.29, 1.82) is 5.41 Å². The fourth-order valence-electron chi connectivity index (χ4n) is 1.17. The summed E-state index contributed by atoms with van der Waals surface area (Å²) >= 11 is 3.23. The lowest BCUT2D eigenvalue weighted by atomic mass is 10.7. The minimum atomic E-state index is 0.167. The van der Waals surface area contributed by atoms with Crippen LogP contribution in [0.4, 0.5) is 0 Å². The predicted octanol–water partition coefficient (Wildman–Crippen LogP) is -0.297. The molecule has 2 aliphatic heterocycles. The van der Waals surface area contributed by atoms with E-state index in [-0.39, 0.29) is 5.84 Å². The van der Waals surface area contributed by atoms with E-state index in [9.17, 15) is 0 Å². The monoisotopic (exact) mass is 449 g/mol. The van der Waals surface area contributed by atoms with E-state index in [1.54, 1.807) is 46.9 Å². The van der Waals surface area contributed by atoms with Gasteiger partial charge in [-0.3, -0.25) is 25.4 Å². The summed E-state index contributed by atoms with van der Waals surface area (Å²) in [6.07, 6.45) is 1.89. The molecule has 2 heterocycles. The van der Waals surface area contributed by atoms with Crippen LogP contribution >= 0.6 is 23.5 Å². The van der Waals surface area contributed by atoms with Crippen LogP contribution in [0.15, 0.2) is 20.0 Å². The Bertz CT molecular complexity index is 483. The van der Waals surface area contributed by atoms with Crippen LogP contribution in [0.25, 0.3) is 0 Å². The molecule has 2 rings (SSSR count). The number of thioether (sulfide) groups is 2. The Morgan fingerprint density at radius 1 is 0.931 bits per heavy atom. The molecule has 0 aromatic heterocycles. The maximum Gasteiger partial charge on any atom is 0.191 e. The van der Waals surface area contributed by atoms with Crippen molar-refractivity contribution in [3.8, 4) is 0 Å². The van der Waals surface area contributed by atoms with Gasteiger partial charge in [-0.2, -0.15) is 0 Å². The molecule has 0 amide bonds. The molecule has 0 atom stereocenters. The second kappa shape index (κ2) is 23.9. The standard InChI is InChI=1S/C4H9N3.C4H8N2S.C3H8N2S.C3H8N2.C2H6N2/c2*1-5-4-6-2-3-7-4;1-5-3(4)6-2;1-3(4)5-2;1-2(3)4/h2-3H2,1H3,(H2,5,6,7);2-3H2,1H3,(H,5,6);1-2H3,(H2,4,5);1-2H3,(H2,4,5);1H3,(H3,3,4). The number of guanidine groups is 1. The molecule has 29 heavy (non-hydrogen) atoms. The molecule has 2 fully saturated rings. The summed E-state index contributed by atoms with van der Waals surface area (Å²) in [6.45, 7) is 6.37. The van der Waals surface area contributed by atoms with Crippen molar-refractivity contribution in [2.75, 3.05) is 59.8 Å². The third-order valence-electron chi connectivity index (χ3n) is 2.54. The molecule has 10 N–H and O–H groups in total. The largest absolute Gasteiger partial charge is 0.388 e. The van der Waals surface area contributed by atoms with Crippen LogP contribution in [0, 0.1) is 5.41 Å². The van der Waals surface area contributed by atoms with Crippen LogP contribution in [0.2, 0.25) is 0 Å². The van der Waals surface area contributed by atoms with Crippen LogP contribution in [0.3, 0.4) is 0 Å². The van der Waals surface area contributed by atoms with Crippen molar-refractivity contribution in [3.05, 3.63) is 0 Å². The number of nitrogens with one attached hydrogen (secondary N) is 4. The zero-order chi connectivity index (χ0) is 23.1. The van der Waals surface area contributed by atoms with E-state index in [1.807, 2.05) is 6.26 Å². The van der Waals surface area contributed by atoms with Crippen LogP contribution in [-0.2, 0) is 0 Å². The molecule has 0 aromatic carbocycles. The predicted molar refractivity (Wildman–Crippen MR) is 135 cm³/mol.